The van der Waals surface area contributed by atoms with E-state index in [1.54, 1.807) is 12.1 Å². The summed E-state index contributed by atoms with van der Waals surface area (Å²) in [5.74, 6) is 0.994. The summed E-state index contributed by atoms with van der Waals surface area (Å²) < 4.78 is 8.62. The summed E-state index contributed by atoms with van der Waals surface area (Å²) in [6.45, 7) is 7.79. The Morgan fingerprint density at radius 3 is 2.80 bits per heavy atom. The van der Waals surface area contributed by atoms with Crippen molar-refractivity contribution in [1.29, 1.82) is 0 Å². The van der Waals surface area contributed by atoms with Crippen molar-refractivity contribution in [3.05, 3.63) is 83.0 Å². The van der Waals surface area contributed by atoms with Crippen LogP contribution in [-0.2, 0) is 5.41 Å². The van der Waals surface area contributed by atoms with Gasteiger partial charge in [-0.25, -0.2) is 0 Å². The van der Waals surface area contributed by atoms with Crippen LogP contribution in [0.15, 0.2) is 71.8 Å². The smallest absolute Gasteiger partial charge is 0.209 e. The number of ether oxygens (including phenoxy) is 1. The Balaban J connectivity index is 1.45. The van der Waals surface area contributed by atoms with E-state index in [0.29, 0.717) is 0 Å². The van der Waals surface area contributed by atoms with Crippen molar-refractivity contribution >= 4 is 17.5 Å². The average molecular weight is 399 g/mol. The first kappa shape index (κ1) is 18.9. The number of hydrogen-bond donors (Lipinski definition) is 1. The number of nitrogens with zero attached hydrogens (tertiary/aromatic N) is 1. The van der Waals surface area contributed by atoms with Gasteiger partial charge >= 0.3 is 0 Å². The van der Waals surface area contributed by atoms with E-state index in [1.807, 2.05) is 6.07 Å². The zero-order chi connectivity index (χ0) is 20.9. The SMILES string of the molecule is CC[N+]1=C(/C=C/C2=CC3Oc4cc(O)ccc4C=C3CC2)C(C)(C)c2ccccc21. The van der Waals surface area contributed by atoms with E-state index in [1.165, 1.54) is 28.1 Å². The molecule has 2 heterocycles. The largest absolute Gasteiger partial charge is 0.508 e. The van der Waals surface area contributed by atoms with E-state index in [2.05, 4.69) is 73.9 Å². The molecule has 2 aromatic rings. The molecule has 5 rings (SSSR count). The highest BCUT2D eigenvalue weighted by atomic mass is 16.5. The fourth-order valence-corrected chi connectivity index (χ4v) is 4.97. The lowest BCUT2D eigenvalue weighted by molar-refractivity contribution is -0.433. The number of hydrogen-bond acceptors (Lipinski definition) is 2. The molecular weight excluding hydrogens is 370 g/mol. The summed E-state index contributed by atoms with van der Waals surface area (Å²) in [6, 6.07) is 14.1. The molecule has 2 aromatic carbocycles. The third-order valence-corrected chi connectivity index (χ3v) is 6.60. The topological polar surface area (TPSA) is 32.5 Å². The van der Waals surface area contributed by atoms with E-state index < -0.39 is 0 Å². The van der Waals surface area contributed by atoms with Gasteiger partial charge in [0.15, 0.2) is 5.71 Å². The lowest BCUT2D eigenvalue weighted by Gasteiger charge is -2.29. The molecule has 0 aromatic heterocycles. The Morgan fingerprint density at radius 2 is 1.97 bits per heavy atom. The maximum Gasteiger partial charge on any atom is 0.209 e. The van der Waals surface area contributed by atoms with Crippen molar-refractivity contribution in [3.8, 4) is 11.5 Å². The van der Waals surface area contributed by atoms with Crippen LogP contribution in [0.4, 0.5) is 5.69 Å². The number of phenolic OH excluding ortho intramolecular Hbond substituents is 1. The highest BCUT2D eigenvalue weighted by Crippen LogP contribution is 2.40. The molecule has 0 saturated carbocycles. The highest BCUT2D eigenvalue weighted by Gasteiger charge is 2.43. The monoisotopic (exact) mass is 398 g/mol. The second kappa shape index (κ2) is 7.02. The van der Waals surface area contributed by atoms with Crippen molar-refractivity contribution in [3.63, 3.8) is 0 Å². The zero-order valence-electron chi connectivity index (χ0n) is 17.9. The van der Waals surface area contributed by atoms with E-state index in [4.69, 9.17) is 4.74 Å². The van der Waals surface area contributed by atoms with Crippen molar-refractivity contribution in [1.82, 2.24) is 0 Å². The van der Waals surface area contributed by atoms with Gasteiger partial charge in [0.25, 0.3) is 0 Å². The molecule has 1 N–H and O–H groups in total. The summed E-state index contributed by atoms with van der Waals surface area (Å²) in [5.41, 5.74) is 7.69. The fraction of sp³-hybridized carbons (Fsp3) is 0.296. The Kier molecular flexibility index (Phi) is 4.43. The fourth-order valence-electron chi connectivity index (χ4n) is 4.97. The van der Waals surface area contributed by atoms with Gasteiger partial charge in [0, 0.05) is 29.3 Å². The minimum atomic E-state index is -0.0474. The van der Waals surface area contributed by atoms with Gasteiger partial charge < -0.3 is 9.84 Å². The summed E-state index contributed by atoms with van der Waals surface area (Å²) in [6.07, 6.45) is 11.0. The van der Waals surface area contributed by atoms with Gasteiger partial charge in [0.1, 0.15) is 24.1 Å². The van der Waals surface area contributed by atoms with Gasteiger partial charge in [-0.15, -0.1) is 0 Å². The van der Waals surface area contributed by atoms with Gasteiger partial charge in [-0.3, -0.25) is 0 Å². The number of para-hydroxylation sites is 1. The molecule has 1 aliphatic carbocycles. The van der Waals surface area contributed by atoms with E-state index in [9.17, 15) is 5.11 Å². The first-order valence-electron chi connectivity index (χ1n) is 10.8. The number of rotatable bonds is 3. The predicted molar refractivity (Wildman–Crippen MR) is 122 cm³/mol. The summed E-state index contributed by atoms with van der Waals surface area (Å²) in [5, 5.41) is 9.78. The van der Waals surface area contributed by atoms with Gasteiger partial charge in [-0.2, -0.15) is 4.58 Å². The Bertz CT molecular complexity index is 1150. The number of phenols is 1. The van der Waals surface area contributed by atoms with Crippen LogP contribution in [0.1, 0.15) is 44.7 Å². The lowest BCUT2D eigenvalue weighted by Crippen LogP contribution is -2.27. The third-order valence-electron chi connectivity index (χ3n) is 6.60. The van der Waals surface area contributed by atoms with Gasteiger partial charge in [0.05, 0.1) is 5.41 Å². The van der Waals surface area contributed by atoms with Crippen LogP contribution >= 0.6 is 0 Å². The normalized spacial score (nSPS) is 21.5. The van der Waals surface area contributed by atoms with Crippen LogP contribution in [0.2, 0.25) is 0 Å². The Morgan fingerprint density at radius 1 is 1.13 bits per heavy atom. The maximum atomic E-state index is 9.78. The van der Waals surface area contributed by atoms with Crippen molar-refractivity contribution in [2.45, 2.75) is 45.1 Å². The molecule has 2 aliphatic heterocycles. The average Bonchev–Trinajstić information content (AvgIpc) is 2.96. The van der Waals surface area contributed by atoms with Gasteiger partial charge in [-0.1, -0.05) is 24.3 Å². The van der Waals surface area contributed by atoms with E-state index >= 15 is 0 Å². The van der Waals surface area contributed by atoms with Gasteiger partial charge in [0.2, 0.25) is 5.69 Å². The molecule has 0 radical (unpaired) electrons. The second-order valence-electron chi connectivity index (χ2n) is 8.83. The molecular formula is C27H28NO2+. The lowest BCUT2D eigenvalue weighted by atomic mass is 9.81. The molecule has 1 atom stereocenters. The predicted octanol–water partition coefficient (Wildman–Crippen LogP) is 5.91. The number of benzene rings is 2. The van der Waals surface area contributed by atoms with Crippen LogP contribution in [-0.4, -0.2) is 28.0 Å². The second-order valence-corrected chi connectivity index (χ2v) is 8.83. The van der Waals surface area contributed by atoms with Crippen LogP contribution < -0.4 is 4.74 Å². The van der Waals surface area contributed by atoms with Crippen LogP contribution in [0.5, 0.6) is 11.5 Å². The molecule has 30 heavy (non-hydrogen) atoms. The van der Waals surface area contributed by atoms with Crippen molar-refractivity contribution in [2.24, 2.45) is 0 Å². The molecule has 0 spiro atoms. The summed E-state index contributed by atoms with van der Waals surface area (Å²) in [7, 11) is 0. The third kappa shape index (κ3) is 3.00. The van der Waals surface area contributed by atoms with Gasteiger partial charge in [-0.05, 0) is 69.0 Å². The summed E-state index contributed by atoms with van der Waals surface area (Å²) >= 11 is 0. The van der Waals surface area contributed by atoms with Crippen LogP contribution in [0.3, 0.4) is 0 Å². The van der Waals surface area contributed by atoms with Crippen molar-refractivity contribution in [2.75, 3.05) is 6.54 Å². The molecule has 0 fully saturated rings. The maximum absolute atomic E-state index is 9.78. The van der Waals surface area contributed by atoms with Crippen molar-refractivity contribution < 1.29 is 14.4 Å². The highest BCUT2D eigenvalue weighted by molar-refractivity contribution is 6.03. The Labute approximate surface area is 178 Å². The first-order valence-corrected chi connectivity index (χ1v) is 10.8. The van der Waals surface area contributed by atoms with E-state index in [0.717, 1.165) is 30.7 Å². The molecule has 152 valence electrons. The van der Waals surface area contributed by atoms with Crippen LogP contribution in [0, 0.1) is 0 Å². The molecule has 3 nitrogen and oxygen atoms in total. The summed E-state index contributed by atoms with van der Waals surface area (Å²) in [4.78, 5) is 0. The molecule has 3 heteroatoms. The molecule has 3 aliphatic rings. The minimum absolute atomic E-state index is 0.0127. The first-order chi connectivity index (χ1) is 14.5. The Hall–Kier alpha value is -3.07. The zero-order valence-corrected chi connectivity index (χ0v) is 17.9. The minimum Gasteiger partial charge on any atom is -0.508 e. The van der Waals surface area contributed by atoms with Crippen LogP contribution in [0.25, 0.3) is 6.08 Å². The molecule has 1 unspecified atom stereocenters. The standard InChI is InChI=1S/C27H27NO2/c1-4-28-23-8-6-5-7-22(23)27(2,3)26(28)14-10-18-9-11-19-16-20-12-13-21(29)17-25(20)30-24(19)15-18/h5-8,10,12-17,24H,4,9,11H2,1-3H3/p+1/b14-10+. The van der Waals surface area contributed by atoms with E-state index in [-0.39, 0.29) is 17.3 Å². The number of aromatic hydroxyl groups is 1. The molecule has 0 saturated heterocycles. The molecule has 0 bridgehead atoms. The number of fused-ring (bicyclic) bond motifs is 3. The number of allylic oxidation sites excluding steroid dienone is 3. The quantitative estimate of drug-likeness (QED) is 0.652. The molecule has 0 amide bonds.